The number of fused-ring (bicyclic) bond motifs is 1. The third-order valence-corrected chi connectivity index (χ3v) is 5.01. The van der Waals surface area contributed by atoms with E-state index in [1.807, 2.05) is 0 Å². The Labute approximate surface area is 154 Å². The van der Waals surface area contributed by atoms with Gasteiger partial charge in [-0.3, -0.25) is 10.1 Å². The molecule has 0 aromatic carbocycles. The highest BCUT2D eigenvalue weighted by Crippen LogP contribution is 2.27. The van der Waals surface area contributed by atoms with Gasteiger partial charge in [-0.05, 0) is 31.8 Å². The number of amides is 3. The number of urea groups is 1. The first-order valence-electron chi connectivity index (χ1n) is 9.28. The van der Waals surface area contributed by atoms with Crippen LogP contribution in [0.3, 0.4) is 0 Å². The van der Waals surface area contributed by atoms with E-state index in [2.05, 4.69) is 36.3 Å². The van der Waals surface area contributed by atoms with Crippen LogP contribution in [0.15, 0.2) is 11.9 Å². The zero-order valence-corrected chi connectivity index (χ0v) is 14.7. The van der Waals surface area contributed by atoms with Crippen molar-refractivity contribution in [2.45, 2.75) is 50.6 Å². The standard InChI is InChI=1S/C17H20N8O2/c26-14-12(21-17(27)23-14)7-9-8-18-25-13(9)22-15(19-10-3-1-2-4-10)24-16(25)20-11-5-6-11/h7-8,10-11H,1-6H2,(H2,19,20,22,24)(H2,21,23,26,27)/b12-7-. The molecule has 0 unspecified atom stereocenters. The lowest BCUT2D eigenvalue weighted by atomic mass is 10.2. The van der Waals surface area contributed by atoms with Gasteiger partial charge in [0.2, 0.25) is 11.9 Å². The Morgan fingerprint density at radius 1 is 1.04 bits per heavy atom. The maximum Gasteiger partial charge on any atom is 0.326 e. The minimum absolute atomic E-state index is 0.176. The van der Waals surface area contributed by atoms with Crippen LogP contribution in [0.2, 0.25) is 0 Å². The van der Waals surface area contributed by atoms with Gasteiger partial charge in [0.25, 0.3) is 5.91 Å². The van der Waals surface area contributed by atoms with Gasteiger partial charge in [-0.25, -0.2) is 4.79 Å². The molecular formula is C17H20N8O2. The first-order valence-corrected chi connectivity index (χ1v) is 9.28. The molecule has 3 amide bonds. The van der Waals surface area contributed by atoms with Gasteiger partial charge >= 0.3 is 6.03 Å². The summed E-state index contributed by atoms with van der Waals surface area (Å²) >= 11 is 0. The molecule has 1 saturated heterocycles. The van der Waals surface area contributed by atoms with E-state index < -0.39 is 11.9 Å². The average Bonchev–Trinajstić information content (AvgIpc) is 3.01. The molecule has 10 heteroatoms. The Kier molecular flexibility index (Phi) is 3.69. The van der Waals surface area contributed by atoms with Crippen LogP contribution in [0.25, 0.3) is 11.7 Å². The Morgan fingerprint density at radius 3 is 2.52 bits per heavy atom. The Balaban J connectivity index is 1.54. The molecule has 0 spiro atoms. The van der Waals surface area contributed by atoms with Crippen LogP contribution in [0.4, 0.5) is 16.7 Å². The molecule has 0 atom stereocenters. The second-order valence-electron chi connectivity index (χ2n) is 7.22. The van der Waals surface area contributed by atoms with Crippen molar-refractivity contribution in [2.24, 2.45) is 0 Å². The van der Waals surface area contributed by atoms with Gasteiger partial charge in [0, 0.05) is 17.6 Å². The number of hydrogen-bond acceptors (Lipinski definition) is 7. The van der Waals surface area contributed by atoms with Crippen molar-refractivity contribution in [1.82, 2.24) is 30.2 Å². The molecular weight excluding hydrogens is 348 g/mol. The van der Waals surface area contributed by atoms with E-state index in [9.17, 15) is 9.59 Å². The molecule has 2 aromatic heterocycles. The Morgan fingerprint density at radius 2 is 1.81 bits per heavy atom. The second-order valence-corrected chi connectivity index (χ2v) is 7.22. The minimum atomic E-state index is -0.531. The number of nitrogens with one attached hydrogen (secondary N) is 4. The molecule has 3 heterocycles. The van der Waals surface area contributed by atoms with E-state index in [0.29, 0.717) is 35.2 Å². The van der Waals surface area contributed by atoms with Crippen LogP contribution in [0.5, 0.6) is 0 Å². The summed E-state index contributed by atoms with van der Waals surface area (Å²) in [6, 6.07) is 0.260. The smallest absolute Gasteiger partial charge is 0.326 e. The van der Waals surface area contributed by atoms with Crippen molar-refractivity contribution in [1.29, 1.82) is 0 Å². The Bertz CT molecular complexity index is 955. The van der Waals surface area contributed by atoms with E-state index in [1.54, 1.807) is 16.8 Å². The highest BCUT2D eigenvalue weighted by Gasteiger charge is 2.26. The fraction of sp³-hybridized carbons (Fsp3) is 0.471. The first kappa shape index (κ1) is 16.0. The lowest BCUT2D eigenvalue weighted by Crippen LogP contribution is -2.22. The van der Waals surface area contributed by atoms with E-state index >= 15 is 0 Å². The summed E-state index contributed by atoms with van der Waals surface area (Å²) in [7, 11) is 0. The van der Waals surface area contributed by atoms with Crippen molar-refractivity contribution in [3.8, 4) is 0 Å². The molecule has 0 radical (unpaired) electrons. The fourth-order valence-corrected chi connectivity index (χ4v) is 3.46. The molecule has 0 bridgehead atoms. The number of aromatic nitrogens is 4. The quantitative estimate of drug-likeness (QED) is 0.462. The maximum absolute atomic E-state index is 11.8. The molecule has 27 heavy (non-hydrogen) atoms. The summed E-state index contributed by atoms with van der Waals surface area (Å²) in [6.45, 7) is 0. The van der Waals surface area contributed by atoms with E-state index in [-0.39, 0.29) is 5.70 Å². The largest absolute Gasteiger partial charge is 0.351 e. The number of carbonyl (C=O) groups excluding carboxylic acids is 2. The fourth-order valence-electron chi connectivity index (χ4n) is 3.46. The molecule has 5 rings (SSSR count). The zero-order chi connectivity index (χ0) is 18.4. The average molecular weight is 368 g/mol. The van der Waals surface area contributed by atoms with Gasteiger partial charge in [-0.1, -0.05) is 12.8 Å². The molecule has 3 aliphatic rings. The van der Waals surface area contributed by atoms with E-state index in [1.165, 1.54) is 12.8 Å². The predicted octanol–water partition coefficient (Wildman–Crippen LogP) is 1.23. The predicted molar refractivity (Wildman–Crippen MR) is 98.0 cm³/mol. The molecule has 10 nitrogen and oxygen atoms in total. The maximum atomic E-state index is 11.8. The summed E-state index contributed by atoms with van der Waals surface area (Å²) in [5.74, 6) is 0.721. The molecule has 3 fully saturated rings. The number of hydrogen-bond donors (Lipinski definition) is 4. The summed E-state index contributed by atoms with van der Waals surface area (Å²) in [5.41, 5.74) is 1.39. The van der Waals surface area contributed by atoms with Gasteiger partial charge in [-0.15, -0.1) is 0 Å². The van der Waals surface area contributed by atoms with Crippen LogP contribution in [0, 0.1) is 0 Å². The van der Waals surface area contributed by atoms with Gasteiger partial charge in [0.05, 0.1) is 6.20 Å². The van der Waals surface area contributed by atoms with Crippen molar-refractivity contribution in [2.75, 3.05) is 10.6 Å². The number of rotatable bonds is 5. The Hall–Kier alpha value is -3.17. The van der Waals surface area contributed by atoms with Crippen molar-refractivity contribution in [3.05, 3.63) is 17.5 Å². The minimum Gasteiger partial charge on any atom is -0.351 e. The number of anilines is 2. The number of carbonyl (C=O) groups is 2. The monoisotopic (exact) mass is 368 g/mol. The molecule has 2 aliphatic carbocycles. The van der Waals surface area contributed by atoms with Crippen LogP contribution in [-0.4, -0.2) is 43.6 Å². The van der Waals surface area contributed by atoms with Gasteiger partial charge in [0.15, 0.2) is 5.65 Å². The lowest BCUT2D eigenvalue weighted by Gasteiger charge is -2.14. The molecule has 140 valence electrons. The first-order chi connectivity index (χ1) is 13.2. The van der Waals surface area contributed by atoms with E-state index in [4.69, 9.17) is 0 Å². The zero-order valence-electron chi connectivity index (χ0n) is 14.7. The highest BCUT2D eigenvalue weighted by molar-refractivity contribution is 6.14. The number of imide groups is 1. The summed E-state index contributed by atoms with van der Waals surface area (Å²) < 4.78 is 1.64. The third-order valence-electron chi connectivity index (χ3n) is 5.01. The van der Waals surface area contributed by atoms with Crippen molar-refractivity contribution >= 4 is 35.6 Å². The van der Waals surface area contributed by atoms with E-state index in [0.717, 1.165) is 25.7 Å². The second kappa shape index (κ2) is 6.22. The molecule has 2 aromatic rings. The summed E-state index contributed by atoms with van der Waals surface area (Å²) in [6.07, 6.45) is 10.1. The summed E-state index contributed by atoms with van der Waals surface area (Å²) in [4.78, 5) is 32.4. The third kappa shape index (κ3) is 3.18. The van der Waals surface area contributed by atoms with Crippen LogP contribution < -0.4 is 21.3 Å². The van der Waals surface area contributed by atoms with Crippen LogP contribution in [-0.2, 0) is 4.79 Å². The lowest BCUT2D eigenvalue weighted by molar-refractivity contribution is -0.115. The van der Waals surface area contributed by atoms with Crippen molar-refractivity contribution in [3.63, 3.8) is 0 Å². The SMILES string of the molecule is O=C1NC(=O)/C(=C/c2cnn3c(NC4CC4)nc(NC4CCCC4)nc23)N1. The molecule has 4 N–H and O–H groups in total. The highest BCUT2D eigenvalue weighted by atomic mass is 16.2. The molecule has 1 aliphatic heterocycles. The normalized spacial score (nSPS) is 21.7. The topological polar surface area (TPSA) is 125 Å². The summed E-state index contributed by atoms with van der Waals surface area (Å²) in [5, 5.41) is 15.9. The van der Waals surface area contributed by atoms with Gasteiger partial charge in [-0.2, -0.15) is 19.6 Å². The van der Waals surface area contributed by atoms with Crippen LogP contribution >= 0.6 is 0 Å². The van der Waals surface area contributed by atoms with Gasteiger partial charge in [0.1, 0.15) is 5.70 Å². The van der Waals surface area contributed by atoms with Crippen LogP contribution in [0.1, 0.15) is 44.1 Å². The number of nitrogens with zero attached hydrogens (tertiary/aromatic N) is 4. The van der Waals surface area contributed by atoms with Gasteiger partial charge < -0.3 is 16.0 Å². The molecule has 2 saturated carbocycles. The van der Waals surface area contributed by atoms with Crippen molar-refractivity contribution < 1.29 is 9.59 Å².